The van der Waals surface area contributed by atoms with Gasteiger partial charge in [-0.25, -0.2) is 4.79 Å². The highest BCUT2D eigenvalue weighted by Gasteiger charge is 2.04. The van der Waals surface area contributed by atoms with Crippen molar-refractivity contribution < 1.29 is 19.5 Å². The van der Waals surface area contributed by atoms with Crippen LogP contribution in [0.4, 0.5) is 10.5 Å². The molecule has 0 heterocycles. The Morgan fingerprint density at radius 3 is 2.86 bits per heavy atom. The second kappa shape index (κ2) is 7.33. The summed E-state index contributed by atoms with van der Waals surface area (Å²) in [5, 5.41) is 16.0. The molecular formula is C15H13ClN2O4. The summed E-state index contributed by atoms with van der Waals surface area (Å²) in [5.74, 6) is 0.312. The molecule has 0 bridgehead atoms. The van der Waals surface area contributed by atoms with Crippen LogP contribution < -0.4 is 10.1 Å². The van der Waals surface area contributed by atoms with E-state index in [0.29, 0.717) is 22.0 Å². The molecule has 0 aliphatic carbocycles. The van der Waals surface area contributed by atoms with Crippen molar-refractivity contribution in [3.8, 4) is 11.5 Å². The molecule has 0 aliphatic heterocycles. The third-order valence-corrected chi connectivity index (χ3v) is 2.85. The number of ether oxygens (including phenoxy) is 1. The van der Waals surface area contributed by atoms with Crippen molar-refractivity contribution in [1.29, 1.82) is 0 Å². The summed E-state index contributed by atoms with van der Waals surface area (Å²) in [6.45, 7) is 0. The lowest BCUT2D eigenvalue weighted by Gasteiger charge is -2.04. The third kappa shape index (κ3) is 4.39. The van der Waals surface area contributed by atoms with E-state index in [1.807, 2.05) is 0 Å². The molecule has 0 saturated carbocycles. The Balaban J connectivity index is 1.93. The number of anilines is 1. The molecule has 22 heavy (non-hydrogen) atoms. The molecule has 0 unspecified atom stereocenters. The van der Waals surface area contributed by atoms with Crippen molar-refractivity contribution >= 4 is 29.6 Å². The zero-order valence-corrected chi connectivity index (χ0v) is 12.4. The number of methoxy groups -OCH3 is 1. The van der Waals surface area contributed by atoms with E-state index in [1.165, 1.54) is 19.4 Å². The number of aromatic hydroxyl groups is 1. The van der Waals surface area contributed by atoms with E-state index in [9.17, 15) is 9.90 Å². The molecule has 0 atom stereocenters. The number of halogens is 1. The predicted octanol–water partition coefficient (Wildman–Crippen LogP) is 3.64. The SMILES string of the molecule is COc1cc(/C=N\OC(=O)Nc2cccc(Cl)c2)ccc1O. The summed E-state index contributed by atoms with van der Waals surface area (Å²) in [4.78, 5) is 16.2. The fourth-order valence-electron chi connectivity index (χ4n) is 1.62. The van der Waals surface area contributed by atoms with Crippen LogP contribution in [0.15, 0.2) is 47.6 Å². The molecule has 0 fully saturated rings. The maximum atomic E-state index is 11.5. The molecular weight excluding hydrogens is 308 g/mol. The zero-order chi connectivity index (χ0) is 15.9. The van der Waals surface area contributed by atoms with E-state index in [0.717, 1.165) is 0 Å². The first-order valence-corrected chi connectivity index (χ1v) is 6.60. The van der Waals surface area contributed by atoms with Gasteiger partial charge in [0.1, 0.15) is 0 Å². The average molecular weight is 321 g/mol. The van der Waals surface area contributed by atoms with E-state index in [-0.39, 0.29) is 5.75 Å². The van der Waals surface area contributed by atoms with Crippen molar-refractivity contribution in [2.45, 2.75) is 0 Å². The summed E-state index contributed by atoms with van der Waals surface area (Å²) in [6, 6.07) is 11.2. The number of phenols is 1. The minimum Gasteiger partial charge on any atom is -0.504 e. The van der Waals surface area contributed by atoms with Crippen LogP contribution in [0.25, 0.3) is 0 Å². The van der Waals surface area contributed by atoms with E-state index >= 15 is 0 Å². The second-order valence-electron chi connectivity index (χ2n) is 4.18. The van der Waals surface area contributed by atoms with Gasteiger partial charge in [0.15, 0.2) is 11.5 Å². The molecule has 0 saturated heterocycles. The van der Waals surface area contributed by atoms with Gasteiger partial charge in [-0.2, -0.15) is 0 Å². The highest BCUT2D eigenvalue weighted by atomic mass is 35.5. The Labute approximate surface area is 131 Å². The summed E-state index contributed by atoms with van der Waals surface area (Å²) in [5.41, 5.74) is 1.10. The smallest absolute Gasteiger partial charge is 0.437 e. The van der Waals surface area contributed by atoms with Crippen molar-refractivity contribution in [1.82, 2.24) is 0 Å². The zero-order valence-electron chi connectivity index (χ0n) is 11.6. The molecule has 0 radical (unpaired) electrons. The van der Waals surface area contributed by atoms with Gasteiger partial charge in [-0.15, -0.1) is 0 Å². The Kier molecular flexibility index (Phi) is 5.21. The standard InChI is InChI=1S/C15H13ClN2O4/c1-21-14-7-10(5-6-13(14)19)9-17-22-15(20)18-12-4-2-3-11(16)8-12/h2-9,19H,1H3,(H,18,20)/b17-9-. The lowest BCUT2D eigenvalue weighted by atomic mass is 10.2. The first kappa shape index (κ1) is 15.7. The van der Waals surface area contributed by atoms with E-state index < -0.39 is 6.09 Å². The molecule has 0 aromatic heterocycles. The molecule has 0 aliphatic rings. The molecule has 1 amide bonds. The van der Waals surface area contributed by atoms with Gasteiger partial charge in [0.2, 0.25) is 0 Å². The van der Waals surface area contributed by atoms with Gasteiger partial charge in [0.05, 0.1) is 13.3 Å². The molecule has 2 aromatic carbocycles. The second-order valence-corrected chi connectivity index (χ2v) is 4.62. The minimum absolute atomic E-state index is 0.0132. The number of rotatable bonds is 4. The Morgan fingerprint density at radius 2 is 2.14 bits per heavy atom. The van der Waals surface area contributed by atoms with Crippen molar-refractivity contribution in [2.24, 2.45) is 5.16 Å². The molecule has 7 heteroatoms. The number of benzene rings is 2. The Hall–Kier alpha value is -2.73. The van der Waals surface area contributed by atoms with Gasteiger partial charge in [0.25, 0.3) is 0 Å². The molecule has 0 spiro atoms. The summed E-state index contributed by atoms with van der Waals surface area (Å²) >= 11 is 5.80. The van der Waals surface area contributed by atoms with Gasteiger partial charge in [0, 0.05) is 16.3 Å². The van der Waals surface area contributed by atoms with Crippen LogP contribution in [-0.4, -0.2) is 24.5 Å². The summed E-state index contributed by atoms with van der Waals surface area (Å²) < 4.78 is 4.96. The molecule has 6 nitrogen and oxygen atoms in total. The fraction of sp³-hybridized carbons (Fsp3) is 0.0667. The van der Waals surface area contributed by atoms with Crippen LogP contribution in [0.5, 0.6) is 11.5 Å². The van der Waals surface area contributed by atoms with Crippen LogP contribution in [0.2, 0.25) is 5.02 Å². The normalized spacial score (nSPS) is 10.5. The van der Waals surface area contributed by atoms with Gasteiger partial charge in [-0.1, -0.05) is 22.8 Å². The number of nitrogens with zero attached hydrogens (tertiary/aromatic N) is 1. The van der Waals surface area contributed by atoms with Crippen molar-refractivity contribution in [2.75, 3.05) is 12.4 Å². The topological polar surface area (TPSA) is 80.2 Å². The minimum atomic E-state index is -0.746. The predicted molar refractivity (Wildman–Crippen MR) is 83.8 cm³/mol. The molecule has 2 rings (SSSR count). The number of carbonyl (C=O) groups excluding carboxylic acids is 1. The number of hydrogen-bond donors (Lipinski definition) is 2. The number of phenolic OH excluding ortho intramolecular Hbond substituents is 1. The van der Waals surface area contributed by atoms with Crippen LogP contribution in [0.3, 0.4) is 0 Å². The highest BCUT2D eigenvalue weighted by Crippen LogP contribution is 2.25. The van der Waals surface area contributed by atoms with Crippen LogP contribution in [0, 0.1) is 0 Å². The average Bonchev–Trinajstić information content (AvgIpc) is 2.49. The number of carbonyl (C=O) groups is 1. The number of oxime groups is 1. The first-order valence-electron chi connectivity index (χ1n) is 6.22. The lowest BCUT2D eigenvalue weighted by Crippen LogP contribution is -2.10. The highest BCUT2D eigenvalue weighted by molar-refractivity contribution is 6.30. The maximum Gasteiger partial charge on any atom is 0.437 e. The monoisotopic (exact) mass is 320 g/mol. The van der Waals surface area contributed by atoms with Gasteiger partial charge >= 0.3 is 6.09 Å². The fourth-order valence-corrected chi connectivity index (χ4v) is 1.81. The van der Waals surface area contributed by atoms with Crippen LogP contribution in [-0.2, 0) is 4.84 Å². The van der Waals surface area contributed by atoms with Crippen molar-refractivity contribution in [3.63, 3.8) is 0 Å². The van der Waals surface area contributed by atoms with E-state index in [4.69, 9.17) is 16.3 Å². The lowest BCUT2D eigenvalue weighted by molar-refractivity contribution is 0.167. The Morgan fingerprint density at radius 1 is 1.32 bits per heavy atom. The van der Waals surface area contributed by atoms with E-state index in [2.05, 4.69) is 15.3 Å². The maximum absolute atomic E-state index is 11.5. The van der Waals surface area contributed by atoms with E-state index in [1.54, 1.807) is 36.4 Å². The van der Waals surface area contributed by atoms with Crippen molar-refractivity contribution in [3.05, 3.63) is 53.1 Å². The number of hydrogen-bond acceptors (Lipinski definition) is 5. The number of nitrogens with one attached hydrogen (secondary N) is 1. The number of amides is 1. The molecule has 2 aromatic rings. The summed E-state index contributed by atoms with van der Waals surface area (Å²) in [7, 11) is 1.44. The van der Waals surface area contributed by atoms with Crippen LogP contribution in [0.1, 0.15) is 5.56 Å². The quantitative estimate of drug-likeness (QED) is 0.512. The van der Waals surface area contributed by atoms with Gasteiger partial charge in [-0.05, 0) is 36.4 Å². The first-order chi connectivity index (χ1) is 10.6. The molecule has 114 valence electrons. The summed E-state index contributed by atoms with van der Waals surface area (Å²) in [6.07, 6.45) is 0.573. The third-order valence-electron chi connectivity index (χ3n) is 2.61. The molecule has 2 N–H and O–H groups in total. The van der Waals surface area contributed by atoms with Crippen LogP contribution >= 0.6 is 11.6 Å². The Bertz CT molecular complexity index is 704. The van der Waals surface area contributed by atoms with Gasteiger partial charge < -0.3 is 9.84 Å². The largest absolute Gasteiger partial charge is 0.504 e. The van der Waals surface area contributed by atoms with Gasteiger partial charge in [-0.3, -0.25) is 10.2 Å².